The highest BCUT2D eigenvalue weighted by Crippen LogP contribution is 2.30. The molecule has 0 N–H and O–H groups in total. The molecule has 10 heteroatoms. The Bertz CT molecular complexity index is 1330. The molecule has 3 aromatic heterocycles. The molecule has 4 aromatic rings. The van der Waals surface area contributed by atoms with Crippen LogP contribution in [0.15, 0.2) is 51.7 Å². The maximum Gasteiger partial charge on any atom is 0.262 e. The second-order valence-corrected chi connectivity index (χ2v) is 9.30. The summed E-state index contributed by atoms with van der Waals surface area (Å²) in [7, 11) is 0. The van der Waals surface area contributed by atoms with Crippen molar-refractivity contribution in [3.63, 3.8) is 0 Å². The van der Waals surface area contributed by atoms with E-state index in [-0.39, 0.29) is 18.2 Å². The third-order valence-electron chi connectivity index (χ3n) is 5.37. The minimum absolute atomic E-state index is 0.0460. The van der Waals surface area contributed by atoms with Gasteiger partial charge in [-0.2, -0.15) is 5.26 Å². The van der Waals surface area contributed by atoms with E-state index < -0.39 is 0 Å². The van der Waals surface area contributed by atoms with Crippen molar-refractivity contribution in [3.8, 4) is 16.8 Å². The summed E-state index contributed by atoms with van der Waals surface area (Å²) in [4.78, 5) is 18.6. The molecule has 0 bridgehead atoms. The van der Waals surface area contributed by atoms with Crippen LogP contribution in [0.25, 0.3) is 21.6 Å². The van der Waals surface area contributed by atoms with Crippen LogP contribution in [0, 0.1) is 11.3 Å². The van der Waals surface area contributed by atoms with Gasteiger partial charge in [-0.3, -0.25) is 13.9 Å². The summed E-state index contributed by atoms with van der Waals surface area (Å²) in [6.45, 7) is 1.42. The molecule has 162 valence electrons. The van der Waals surface area contributed by atoms with Crippen LogP contribution in [0.1, 0.15) is 18.7 Å². The van der Waals surface area contributed by atoms with Gasteiger partial charge in [-0.05, 0) is 36.4 Å². The molecule has 32 heavy (non-hydrogen) atoms. The first-order valence-corrected chi connectivity index (χ1v) is 12.2. The van der Waals surface area contributed by atoms with Gasteiger partial charge in [-0.1, -0.05) is 30.0 Å². The number of fused-ring (bicyclic) bond motifs is 1. The van der Waals surface area contributed by atoms with E-state index in [1.165, 1.54) is 16.3 Å². The van der Waals surface area contributed by atoms with Crippen LogP contribution < -0.4 is 5.56 Å². The molecule has 0 spiro atoms. The molecule has 0 saturated carbocycles. The first-order chi connectivity index (χ1) is 15.7. The minimum atomic E-state index is -0.201. The first-order valence-electron chi connectivity index (χ1n) is 10.3. The number of aromatic nitrogens is 5. The molecule has 1 saturated heterocycles. The van der Waals surface area contributed by atoms with Crippen molar-refractivity contribution in [2.45, 2.75) is 42.9 Å². The SMILES string of the molecule is N#CCn1c(CSc2nnc(-c3cccs3)n2C[C@H]2CCCO2)nc2ccccc2c1=O. The number of nitriles is 1. The molecule has 1 aliphatic rings. The summed E-state index contributed by atoms with van der Waals surface area (Å²) in [6.07, 6.45) is 2.21. The number of hydrogen-bond acceptors (Lipinski definition) is 8. The molecule has 0 amide bonds. The molecule has 4 heterocycles. The van der Waals surface area contributed by atoms with Crippen molar-refractivity contribution in [2.24, 2.45) is 0 Å². The standard InChI is InChI=1S/C22H20N6O2S2/c23-9-10-27-19(24-17-7-2-1-6-16(17)21(27)29)14-32-22-26-25-20(18-8-4-12-31-18)28(22)13-15-5-3-11-30-15/h1-2,4,6-8,12,15H,3,5,10-11,13-14H2/t15-/m1/s1. The zero-order valence-electron chi connectivity index (χ0n) is 17.2. The van der Waals surface area contributed by atoms with Crippen LogP contribution in [-0.4, -0.2) is 37.0 Å². The number of benzene rings is 1. The Hall–Kier alpha value is -3.00. The van der Waals surface area contributed by atoms with Gasteiger partial charge in [0, 0.05) is 6.61 Å². The van der Waals surface area contributed by atoms with Crippen molar-refractivity contribution in [1.29, 1.82) is 5.26 Å². The fourth-order valence-electron chi connectivity index (χ4n) is 3.83. The summed E-state index contributed by atoms with van der Waals surface area (Å²) in [5.74, 6) is 1.76. The molecule has 1 fully saturated rings. The Morgan fingerprint density at radius 3 is 2.91 bits per heavy atom. The van der Waals surface area contributed by atoms with E-state index >= 15 is 0 Å². The number of nitrogens with zero attached hydrogens (tertiary/aromatic N) is 6. The number of para-hydroxylation sites is 1. The maximum absolute atomic E-state index is 12.9. The molecule has 8 nitrogen and oxygen atoms in total. The zero-order chi connectivity index (χ0) is 21.9. The van der Waals surface area contributed by atoms with Gasteiger partial charge in [0.15, 0.2) is 11.0 Å². The second kappa shape index (κ2) is 9.24. The monoisotopic (exact) mass is 464 g/mol. The molecule has 1 atom stereocenters. The highest BCUT2D eigenvalue weighted by molar-refractivity contribution is 7.98. The van der Waals surface area contributed by atoms with Crippen molar-refractivity contribution < 1.29 is 4.74 Å². The number of rotatable bonds is 7. The fourth-order valence-corrected chi connectivity index (χ4v) is 5.44. The van der Waals surface area contributed by atoms with E-state index in [0.717, 1.165) is 35.3 Å². The fraction of sp³-hybridized carbons (Fsp3) is 0.318. The van der Waals surface area contributed by atoms with Crippen molar-refractivity contribution >= 4 is 34.0 Å². The van der Waals surface area contributed by atoms with Gasteiger partial charge in [-0.15, -0.1) is 21.5 Å². The molecular formula is C22H20N6O2S2. The zero-order valence-corrected chi connectivity index (χ0v) is 18.8. The van der Waals surface area contributed by atoms with E-state index in [1.54, 1.807) is 23.5 Å². The summed E-state index contributed by atoms with van der Waals surface area (Å²) >= 11 is 3.09. The van der Waals surface area contributed by atoms with Gasteiger partial charge >= 0.3 is 0 Å². The van der Waals surface area contributed by atoms with E-state index in [0.29, 0.717) is 29.0 Å². The number of hydrogen-bond donors (Lipinski definition) is 0. The lowest BCUT2D eigenvalue weighted by Crippen LogP contribution is -2.24. The van der Waals surface area contributed by atoms with Crippen molar-refractivity contribution in [1.82, 2.24) is 24.3 Å². The van der Waals surface area contributed by atoms with E-state index in [1.807, 2.05) is 29.6 Å². The molecule has 0 radical (unpaired) electrons. The lowest BCUT2D eigenvalue weighted by Gasteiger charge is -2.15. The Morgan fingerprint density at radius 1 is 1.22 bits per heavy atom. The minimum Gasteiger partial charge on any atom is -0.376 e. The van der Waals surface area contributed by atoms with Gasteiger partial charge in [0.25, 0.3) is 5.56 Å². The second-order valence-electron chi connectivity index (χ2n) is 7.41. The predicted molar refractivity (Wildman–Crippen MR) is 123 cm³/mol. The van der Waals surface area contributed by atoms with E-state index in [9.17, 15) is 10.1 Å². The average Bonchev–Trinajstić information content (AvgIpc) is 3.57. The Kier molecular flexibility index (Phi) is 6.03. The molecular weight excluding hydrogens is 444 g/mol. The topological polar surface area (TPSA) is 98.6 Å². The van der Waals surface area contributed by atoms with Crippen LogP contribution in [0.5, 0.6) is 0 Å². The third kappa shape index (κ3) is 4.07. The first kappa shape index (κ1) is 20.9. The summed E-state index contributed by atoms with van der Waals surface area (Å²) in [6, 6.07) is 13.3. The Balaban J connectivity index is 1.48. The van der Waals surface area contributed by atoms with Gasteiger partial charge in [0.1, 0.15) is 12.4 Å². The van der Waals surface area contributed by atoms with Crippen LogP contribution in [0.3, 0.4) is 0 Å². The normalized spacial score (nSPS) is 15.9. The summed E-state index contributed by atoms with van der Waals surface area (Å²) in [5.41, 5.74) is 0.426. The largest absolute Gasteiger partial charge is 0.376 e. The third-order valence-corrected chi connectivity index (χ3v) is 7.20. The molecule has 1 aromatic carbocycles. The Labute approximate surface area is 192 Å². The lowest BCUT2D eigenvalue weighted by molar-refractivity contribution is 0.0953. The van der Waals surface area contributed by atoms with Crippen LogP contribution >= 0.6 is 23.1 Å². The molecule has 5 rings (SSSR count). The summed E-state index contributed by atoms with van der Waals surface area (Å²) in [5, 5.41) is 21.4. The van der Waals surface area contributed by atoms with Crippen LogP contribution in [0.4, 0.5) is 0 Å². The molecule has 0 aliphatic carbocycles. The highest BCUT2D eigenvalue weighted by atomic mass is 32.2. The number of thiophene rings is 1. The van der Waals surface area contributed by atoms with E-state index in [2.05, 4.69) is 25.8 Å². The van der Waals surface area contributed by atoms with Gasteiger partial charge in [-0.25, -0.2) is 4.98 Å². The maximum atomic E-state index is 12.9. The van der Waals surface area contributed by atoms with E-state index in [4.69, 9.17) is 4.74 Å². The van der Waals surface area contributed by atoms with Gasteiger partial charge in [0.2, 0.25) is 0 Å². The summed E-state index contributed by atoms with van der Waals surface area (Å²) < 4.78 is 9.39. The van der Waals surface area contributed by atoms with Gasteiger partial charge in [0.05, 0.1) is 40.3 Å². The van der Waals surface area contributed by atoms with Crippen LogP contribution in [-0.2, 0) is 23.6 Å². The number of thioether (sulfide) groups is 1. The smallest absolute Gasteiger partial charge is 0.262 e. The van der Waals surface area contributed by atoms with Gasteiger partial charge < -0.3 is 4.74 Å². The number of ether oxygens (including phenoxy) is 1. The average molecular weight is 465 g/mol. The van der Waals surface area contributed by atoms with Crippen molar-refractivity contribution in [2.75, 3.05) is 6.61 Å². The molecule has 0 unspecified atom stereocenters. The van der Waals surface area contributed by atoms with Crippen molar-refractivity contribution in [3.05, 3.63) is 58.0 Å². The lowest BCUT2D eigenvalue weighted by atomic mass is 10.2. The molecule has 1 aliphatic heterocycles. The quantitative estimate of drug-likeness (QED) is 0.385. The van der Waals surface area contributed by atoms with Crippen LogP contribution in [0.2, 0.25) is 0 Å². The predicted octanol–water partition coefficient (Wildman–Crippen LogP) is 3.71. The Morgan fingerprint density at radius 2 is 2.12 bits per heavy atom. The highest BCUT2D eigenvalue weighted by Gasteiger charge is 2.23.